The first-order valence-electron chi connectivity index (χ1n) is 8.18. The van der Waals surface area contributed by atoms with Gasteiger partial charge in [0.2, 0.25) is 5.91 Å². The Balaban J connectivity index is 1.57. The molecule has 7 heteroatoms. The van der Waals surface area contributed by atoms with Crippen LogP contribution in [0.2, 0.25) is 5.15 Å². The lowest BCUT2D eigenvalue weighted by molar-refractivity contribution is -0.128. The van der Waals surface area contributed by atoms with Crippen LogP contribution in [0, 0.1) is 0 Å². The lowest BCUT2D eigenvalue weighted by atomic mass is 10.1. The van der Waals surface area contributed by atoms with Crippen molar-refractivity contribution in [3.63, 3.8) is 0 Å². The van der Waals surface area contributed by atoms with Gasteiger partial charge in [-0.05, 0) is 31.0 Å². The van der Waals surface area contributed by atoms with Gasteiger partial charge in [0.15, 0.2) is 0 Å². The van der Waals surface area contributed by atoms with E-state index in [2.05, 4.69) is 15.0 Å². The molecule has 1 amide bonds. The second-order valence-corrected chi connectivity index (χ2v) is 6.96. The van der Waals surface area contributed by atoms with Crippen LogP contribution in [0.1, 0.15) is 24.8 Å². The highest BCUT2D eigenvalue weighted by Gasteiger charge is 2.61. The van der Waals surface area contributed by atoms with E-state index in [0.717, 1.165) is 29.5 Å². The number of pyridine rings is 2. The maximum atomic E-state index is 11.8. The fraction of sp³-hybridized carbons (Fsp3) is 0.333. The molecule has 25 heavy (non-hydrogen) atoms. The van der Waals surface area contributed by atoms with Crippen LogP contribution in [-0.4, -0.2) is 45.6 Å². The molecule has 1 saturated heterocycles. The number of carbonyl (C=O) groups is 1. The van der Waals surface area contributed by atoms with E-state index in [4.69, 9.17) is 17.3 Å². The number of likely N-dealkylation sites (N-methyl/N-ethyl adjacent to an activating group) is 1. The Labute approximate surface area is 150 Å². The molecule has 1 spiro atoms. The first-order valence-corrected chi connectivity index (χ1v) is 8.56. The van der Waals surface area contributed by atoms with Gasteiger partial charge in [0, 0.05) is 43.2 Å². The van der Waals surface area contributed by atoms with Crippen LogP contribution < -0.4 is 5.73 Å². The highest BCUT2D eigenvalue weighted by molar-refractivity contribution is 6.29. The maximum Gasteiger partial charge on any atom is 0.222 e. The summed E-state index contributed by atoms with van der Waals surface area (Å²) in [7, 11) is 1.87. The normalized spacial score (nSPS) is 26.3. The Kier molecular flexibility index (Phi) is 3.72. The van der Waals surface area contributed by atoms with E-state index in [1.54, 1.807) is 18.5 Å². The van der Waals surface area contributed by atoms with E-state index in [0.29, 0.717) is 17.1 Å². The van der Waals surface area contributed by atoms with Gasteiger partial charge >= 0.3 is 0 Å². The van der Waals surface area contributed by atoms with Crippen LogP contribution in [0.25, 0.3) is 16.6 Å². The molecule has 1 aliphatic heterocycles. The van der Waals surface area contributed by atoms with Gasteiger partial charge in [-0.2, -0.15) is 0 Å². The lowest BCUT2D eigenvalue weighted by Gasteiger charge is -2.19. The summed E-state index contributed by atoms with van der Waals surface area (Å²) >= 11 is 5.95. The minimum absolute atomic E-state index is 0.0794. The second kappa shape index (κ2) is 5.81. The number of aromatic nitrogens is 2. The first kappa shape index (κ1) is 16.0. The summed E-state index contributed by atoms with van der Waals surface area (Å²) in [6.07, 6.45) is 7.43. The van der Waals surface area contributed by atoms with E-state index < -0.39 is 0 Å². The van der Waals surface area contributed by atoms with E-state index in [1.165, 1.54) is 6.20 Å². The summed E-state index contributed by atoms with van der Waals surface area (Å²) in [6.45, 7) is 0. The van der Waals surface area contributed by atoms with Crippen molar-refractivity contribution >= 4 is 40.3 Å². The Hall–Kier alpha value is -2.47. The topological polar surface area (TPSA) is 84.5 Å². The SMILES string of the molecule is CN1C(=O)CCC12CC2N=CC(=CN)c1cnc2ccc(Cl)nc2c1. The Morgan fingerprint density at radius 1 is 1.48 bits per heavy atom. The van der Waals surface area contributed by atoms with E-state index in [1.807, 2.05) is 24.1 Å². The number of hydrogen-bond acceptors (Lipinski definition) is 5. The molecule has 0 radical (unpaired) electrons. The molecule has 2 aromatic rings. The number of nitrogens with two attached hydrogens (primary N) is 1. The highest BCUT2D eigenvalue weighted by atomic mass is 35.5. The van der Waals surface area contributed by atoms with Gasteiger partial charge in [-0.1, -0.05) is 11.6 Å². The molecule has 4 rings (SSSR count). The van der Waals surface area contributed by atoms with Gasteiger partial charge in [-0.25, -0.2) is 4.98 Å². The van der Waals surface area contributed by atoms with Gasteiger partial charge in [0.25, 0.3) is 0 Å². The minimum atomic E-state index is -0.0794. The third-order valence-corrected chi connectivity index (χ3v) is 5.44. The predicted octanol–water partition coefficient (Wildman–Crippen LogP) is 2.42. The van der Waals surface area contributed by atoms with Crippen molar-refractivity contribution in [1.82, 2.24) is 14.9 Å². The molecular formula is C18H18ClN5O. The van der Waals surface area contributed by atoms with Gasteiger partial charge in [-0.15, -0.1) is 0 Å². The fourth-order valence-electron chi connectivity index (χ4n) is 3.53. The zero-order valence-corrected chi connectivity index (χ0v) is 14.6. The van der Waals surface area contributed by atoms with E-state index in [-0.39, 0.29) is 17.5 Å². The van der Waals surface area contributed by atoms with Gasteiger partial charge in [-0.3, -0.25) is 14.8 Å². The Bertz CT molecular complexity index is 925. The molecule has 2 N–H and O–H groups in total. The van der Waals surface area contributed by atoms with E-state index >= 15 is 0 Å². The summed E-state index contributed by atoms with van der Waals surface area (Å²) in [5, 5.41) is 0.423. The number of carbonyl (C=O) groups excluding carboxylic acids is 1. The van der Waals surface area contributed by atoms with Crippen molar-refractivity contribution in [2.24, 2.45) is 10.7 Å². The molecule has 128 valence electrons. The summed E-state index contributed by atoms with van der Waals surface area (Å²) in [6, 6.07) is 5.58. The summed E-state index contributed by atoms with van der Waals surface area (Å²) in [5.74, 6) is 0.203. The quantitative estimate of drug-likeness (QED) is 0.676. The molecule has 0 bridgehead atoms. The minimum Gasteiger partial charge on any atom is -0.404 e. The smallest absolute Gasteiger partial charge is 0.222 e. The molecule has 3 heterocycles. The molecular weight excluding hydrogens is 338 g/mol. The van der Waals surface area contributed by atoms with Crippen molar-refractivity contribution in [2.75, 3.05) is 7.05 Å². The molecule has 1 saturated carbocycles. The number of rotatable bonds is 3. The average molecular weight is 356 g/mol. The van der Waals surface area contributed by atoms with Gasteiger partial charge in [0.05, 0.1) is 22.6 Å². The lowest BCUT2D eigenvalue weighted by Crippen LogP contribution is -2.33. The van der Waals surface area contributed by atoms with Crippen molar-refractivity contribution in [3.05, 3.63) is 41.3 Å². The Morgan fingerprint density at radius 3 is 3.04 bits per heavy atom. The molecule has 1 aliphatic carbocycles. The van der Waals surface area contributed by atoms with Crippen molar-refractivity contribution in [1.29, 1.82) is 0 Å². The zero-order valence-electron chi connectivity index (χ0n) is 13.8. The van der Waals surface area contributed by atoms with Crippen LogP contribution in [0.3, 0.4) is 0 Å². The van der Waals surface area contributed by atoms with Crippen molar-refractivity contribution in [3.8, 4) is 0 Å². The molecule has 2 atom stereocenters. The highest BCUT2D eigenvalue weighted by Crippen LogP contribution is 2.51. The summed E-state index contributed by atoms with van der Waals surface area (Å²) in [4.78, 5) is 26.9. The third-order valence-electron chi connectivity index (χ3n) is 5.23. The number of aliphatic imine (C=N–C) groups is 1. The molecule has 2 aromatic heterocycles. The summed E-state index contributed by atoms with van der Waals surface area (Å²) in [5.41, 5.74) is 8.79. The van der Waals surface area contributed by atoms with E-state index in [9.17, 15) is 4.79 Å². The number of allylic oxidation sites excluding steroid dienone is 1. The fourth-order valence-corrected chi connectivity index (χ4v) is 3.68. The van der Waals surface area contributed by atoms with Crippen molar-refractivity contribution < 1.29 is 4.79 Å². The maximum absolute atomic E-state index is 11.8. The number of fused-ring (bicyclic) bond motifs is 1. The standard InChI is InChI=1S/C18H18ClN5O/c1-24-17(25)4-5-18(24)7-15(18)22-10-12(8-20)11-6-14-13(21-9-11)2-3-16(19)23-14/h2-3,6,8-10,15H,4-5,7,20H2,1H3. The van der Waals surface area contributed by atoms with Gasteiger partial charge in [0.1, 0.15) is 5.15 Å². The monoisotopic (exact) mass is 355 g/mol. The summed E-state index contributed by atoms with van der Waals surface area (Å²) < 4.78 is 0. The van der Waals surface area contributed by atoms with Crippen LogP contribution in [0.15, 0.2) is 35.6 Å². The number of nitrogens with zero attached hydrogens (tertiary/aromatic N) is 4. The average Bonchev–Trinajstić information content (AvgIpc) is 3.26. The molecule has 2 fully saturated rings. The number of hydrogen-bond donors (Lipinski definition) is 1. The van der Waals surface area contributed by atoms with Crippen LogP contribution in [0.5, 0.6) is 0 Å². The second-order valence-electron chi connectivity index (χ2n) is 6.57. The number of amides is 1. The third kappa shape index (κ3) is 2.66. The zero-order chi connectivity index (χ0) is 17.6. The largest absolute Gasteiger partial charge is 0.404 e. The molecule has 0 aromatic carbocycles. The van der Waals surface area contributed by atoms with Crippen LogP contribution in [0.4, 0.5) is 0 Å². The molecule has 2 aliphatic rings. The van der Waals surface area contributed by atoms with Gasteiger partial charge < -0.3 is 10.6 Å². The van der Waals surface area contributed by atoms with Crippen LogP contribution in [-0.2, 0) is 4.79 Å². The van der Waals surface area contributed by atoms with Crippen LogP contribution >= 0.6 is 11.6 Å². The first-order chi connectivity index (χ1) is 12.0. The molecule has 6 nitrogen and oxygen atoms in total. The number of halogens is 1. The Morgan fingerprint density at radius 2 is 2.32 bits per heavy atom. The molecule has 2 unspecified atom stereocenters. The predicted molar refractivity (Wildman–Crippen MR) is 98.3 cm³/mol. The van der Waals surface area contributed by atoms with Crippen molar-refractivity contribution in [2.45, 2.75) is 30.8 Å². The number of likely N-dealkylation sites (tertiary alicyclic amines) is 1.